The third-order valence-corrected chi connectivity index (χ3v) is 4.18. The molecule has 1 N–H and O–H groups in total. The molecule has 1 unspecified atom stereocenters. The van der Waals surface area contributed by atoms with Crippen molar-refractivity contribution in [3.05, 3.63) is 0 Å². The second kappa shape index (κ2) is 9.94. The lowest BCUT2D eigenvalue weighted by molar-refractivity contribution is 0.441. The monoisotopic (exact) mass is 239 g/mol. The van der Waals surface area contributed by atoms with Crippen LogP contribution in [0.25, 0.3) is 0 Å². The zero-order valence-electron chi connectivity index (χ0n) is 12.1. The molecule has 1 atom stereocenters. The number of nitrogens with one attached hydrogen (secondary N) is 1. The first-order valence-corrected chi connectivity index (χ1v) is 8.05. The van der Waals surface area contributed by atoms with Crippen LogP contribution >= 0.6 is 0 Å². The molecular formula is C16H33N. The van der Waals surface area contributed by atoms with E-state index in [1.807, 2.05) is 0 Å². The first-order valence-electron chi connectivity index (χ1n) is 8.05. The van der Waals surface area contributed by atoms with Crippen LogP contribution in [0.3, 0.4) is 0 Å². The van der Waals surface area contributed by atoms with Crippen molar-refractivity contribution >= 4 is 0 Å². The molecule has 1 aliphatic carbocycles. The predicted molar refractivity (Wildman–Crippen MR) is 77.4 cm³/mol. The summed E-state index contributed by atoms with van der Waals surface area (Å²) in [5.41, 5.74) is 0. The SMILES string of the molecule is CCCCCCCCCCCC(NC)C1CC1. The average Bonchev–Trinajstić information content (AvgIpc) is 3.16. The van der Waals surface area contributed by atoms with Gasteiger partial charge in [-0.25, -0.2) is 0 Å². The van der Waals surface area contributed by atoms with E-state index in [4.69, 9.17) is 0 Å². The fourth-order valence-corrected chi connectivity index (χ4v) is 2.79. The van der Waals surface area contributed by atoms with Crippen molar-refractivity contribution < 1.29 is 0 Å². The molecule has 1 fully saturated rings. The molecule has 0 heterocycles. The quantitative estimate of drug-likeness (QED) is 0.477. The highest BCUT2D eigenvalue weighted by molar-refractivity contribution is 4.85. The lowest BCUT2D eigenvalue weighted by atomic mass is 10.0. The molecular weight excluding hydrogens is 206 g/mol. The van der Waals surface area contributed by atoms with Crippen molar-refractivity contribution in [3.8, 4) is 0 Å². The van der Waals surface area contributed by atoms with Gasteiger partial charge >= 0.3 is 0 Å². The Kier molecular flexibility index (Phi) is 8.78. The van der Waals surface area contributed by atoms with Crippen LogP contribution in [0.1, 0.15) is 84.0 Å². The molecule has 0 bridgehead atoms. The average molecular weight is 239 g/mol. The predicted octanol–water partition coefficient (Wildman–Crippen LogP) is 4.91. The number of rotatable bonds is 12. The summed E-state index contributed by atoms with van der Waals surface area (Å²) in [6.07, 6.45) is 17.4. The van der Waals surface area contributed by atoms with Crippen molar-refractivity contribution in [2.24, 2.45) is 5.92 Å². The Morgan fingerprint density at radius 3 is 1.88 bits per heavy atom. The van der Waals surface area contributed by atoms with Crippen LogP contribution < -0.4 is 5.32 Å². The zero-order chi connectivity index (χ0) is 12.3. The number of hydrogen-bond acceptors (Lipinski definition) is 1. The number of unbranched alkanes of at least 4 members (excludes halogenated alkanes) is 8. The minimum atomic E-state index is 0.833. The molecule has 1 heteroatoms. The van der Waals surface area contributed by atoms with Gasteiger partial charge < -0.3 is 5.32 Å². The van der Waals surface area contributed by atoms with E-state index in [9.17, 15) is 0 Å². The Bertz CT molecular complexity index is 163. The Labute approximate surface area is 109 Å². The molecule has 17 heavy (non-hydrogen) atoms. The molecule has 0 radical (unpaired) electrons. The van der Waals surface area contributed by atoms with E-state index >= 15 is 0 Å². The summed E-state index contributed by atoms with van der Waals surface area (Å²) in [6.45, 7) is 2.29. The van der Waals surface area contributed by atoms with Crippen molar-refractivity contribution in [1.82, 2.24) is 5.32 Å². The zero-order valence-corrected chi connectivity index (χ0v) is 12.1. The van der Waals surface area contributed by atoms with Gasteiger partial charge in [0.15, 0.2) is 0 Å². The maximum Gasteiger partial charge on any atom is 0.00923 e. The van der Waals surface area contributed by atoms with E-state index in [1.54, 1.807) is 0 Å². The van der Waals surface area contributed by atoms with E-state index in [0.717, 1.165) is 12.0 Å². The summed E-state index contributed by atoms with van der Waals surface area (Å²) in [6, 6.07) is 0.833. The normalized spacial score (nSPS) is 17.3. The summed E-state index contributed by atoms with van der Waals surface area (Å²) in [7, 11) is 2.14. The summed E-state index contributed by atoms with van der Waals surface area (Å²) in [5.74, 6) is 1.02. The third-order valence-electron chi connectivity index (χ3n) is 4.18. The Morgan fingerprint density at radius 1 is 0.882 bits per heavy atom. The van der Waals surface area contributed by atoms with Gasteiger partial charge in [0, 0.05) is 6.04 Å². The summed E-state index contributed by atoms with van der Waals surface area (Å²) >= 11 is 0. The second-order valence-corrected chi connectivity index (χ2v) is 5.85. The summed E-state index contributed by atoms with van der Waals surface area (Å²) in [5, 5.41) is 3.49. The third kappa shape index (κ3) is 7.81. The van der Waals surface area contributed by atoms with Gasteiger partial charge in [0.25, 0.3) is 0 Å². The standard InChI is InChI=1S/C16H33N/c1-3-4-5-6-7-8-9-10-11-12-16(17-2)15-13-14-15/h15-17H,3-14H2,1-2H3. The van der Waals surface area contributed by atoms with E-state index in [2.05, 4.69) is 19.3 Å². The highest BCUT2D eigenvalue weighted by atomic mass is 14.9. The van der Waals surface area contributed by atoms with Crippen LogP contribution in [0, 0.1) is 5.92 Å². The Hall–Kier alpha value is -0.0400. The van der Waals surface area contributed by atoms with Gasteiger partial charge in [-0.15, -0.1) is 0 Å². The molecule has 0 aromatic carbocycles. The van der Waals surface area contributed by atoms with Crippen LogP contribution in [0.2, 0.25) is 0 Å². The fourth-order valence-electron chi connectivity index (χ4n) is 2.79. The fraction of sp³-hybridized carbons (Fsp3) is 1.00. The highest BCUT2D eigenvalue weighted by Gasteiger charge is 2.29. The Balaban J connectivity index is 1.77. The van der Waals surface area contributed by atoms with Gasteiger partial charge in [-0.05, 0) is 32.2 Å². The van der Waals surface area contributed by atoms with Crippen LogP contribution in [0.4, 0.5) is 0 Å². The van der Waals surface area contributed by atoms with Gasteiger partial charge in [0.1, 0.15) is 0 Å². The smallest absolute Gasteiger partial charge is 0.00923 e. The topological polar surface area (TPSA) is 12.0 Å². The maximum atomic E-state index is 3.49. The van der Waals surface area contributed by atoms with E-state index in [-0.39, 0.29) is 0 Å². The summed E-state index contributed by atoms with van der Waals surface area (Å²) < 4.78 is 0. The molecule has 1 rings (SSSR count). The molecule has 0 aromatic rings. The lowest BCUT2D eigenvalue weighted by Gasteiger charge is -2.14. The molecule has 0 saturated heterocycles. The first-order chi connectivity index (χ1) is 8.38. The van der Waals surface area contributed by atoms with Gasteiger partial charge in [-0.3, -0.25) is 0 Å². The lowest BCUT2D eigenvalue weighted by Crippen LogP contribution is -2.27. The Morgan fingerprint density at radius 2 is 1.41 bits per heavy atom. The van der Waals surface area contributed by atoms with E-state index in [1.165, 1.54) is 77.0 Å². The first kappa shape index (κ1) is 15.0. The van der Waals surface area contributed by atoms with Crippen molar-refractivity contribution in [1.29, 1.82) is 0 Å². The minimum Gasteiger partial charge on any atom is -0.317 e. The molecule has 0 amide bonds. The molecule has 1 nitrogen and oxygen atoms in total. The second-order valence-electron chi connectivity index (χ2n) is 5.85. The van der Waals surface area contributed by atoms with E-state index in [0.29, 0.717) is 0 Å². The van der Waals surface area contributed by atoms with Crippen LogP contribution in [-0.4, -0.2) is 13.1 Å². The molecule has 0 spiro atoms. The summed E-state index contributed by atoms with van der Waals surface area (Å²) in [4.78, 5) is 0. The molecule has 1 saturated carbocycles. The highest BCUT2D eigenvalue weighted by Crippen LogP contribution is 2.34. The van der Waals surface area contributed by atoms with E-state index < -0.39 is 0 Å². The number of hydrogen-bond donors (Lipinski definition) is 1. The molecule has 1 aliphatic rings. The maximum absolute atomic E-state index is 3.49. The van der Waals surface area contributed by atoms with Gasteiger partial charge in [0.05, 0.1) is 0 Å². The van der Waals surface area contributed by atoms with Crippen LogP contribution in [0.15, 0.2) is 0 Å². The molecule has 102 valence electrons. The minimum absolute atomic E-state index is 0.833. The largest absolute Gasteiger partial charge is 0.317 e. The van der Waals surface area contributed by atoms with Gasteiger partial charge in [0.2, 0.25) is 0 Å². The van der Waals surface area contributed by atoms with Crippen molar-refractivity contribution in [2.75, 3.05) is 7.05 Å². The van der Waals surface area contributed by atoms with Gasteiger partial charge in [-0.2, -0.15) is 0 Å². The van der Waals surface area contributed by atoms with Crippen molar-refractivity contribution in [2.45, 2.75) is 90.0 Å². The van der Waals surface area contributed by atoms with Crippen molar-refractivity contribution in [3.63, 3.8) is 0 Å². The molecule has 0 aromatic heterocycles. The van der Waals surface area contributed by atoms with Gasteiger partial charge in [-0.1, -0.05) is 64.7 Å². The van der Waals surface area contributed by atoms with Crippen LogP contribution in [-0.2, 0) is 0 Å². The molecule has 0 aliphatic heterocycles. The van der Waals surface area contributed by atoms with Crippen LogP contribution in [0.5, 0.6) is 0 Å².